The van der Waals surface area contributed by atoms with Gasteiger partial charge in [0.2, 0.25) is 23.6 Å². The first-order valence-electron chi connectivity index (χ1n) is 16.6. The zero-order valence-electron chi connectivity index (χ0n) is 25.3. The van der Waals surface area contributed by atoms with Crippen LogP contribution in [-0.4, -0.2) is 94.3 Å². The minimum absolute atomic E-state index is 0.00569. The summed E-state index contributed by atoms with van der Waals surface area (Å²) < 4.78 is 0. The van der Waals surface area contributed by atoms with Gasteiger partial charge < -0.3 is 30.9 Å². The fourth-order valence-electron chi connectivity index (χ4n) is 8.76. The van der Waals surface area contributed by atoms with Crippen LogP contribution in [0.5, 0.6) is 0 Å². The number of likely N-dealkylation sites (N-methyl/N-ethyl adjacent to an activating group) is 1. The third-order valence-electron chi connectivity index (χ3n) is 11.2. The van der Waals surface area contributed by atoms with Crippen molar-refractivity contribution in [1.82, 2.24) is 25.8 Å². The monoisotopic (exact) mass is 617 g/mol. The molecule has 4 N–H and O–H groups in total. The lowest BCUT2D eigenvalue weighted by Crippen LogP contribution is -2.60. The third kappa shape index (κ3) is 6.42. The predicted octanol–water partition coefficient (Wildman–Crippen LogP) is 2.04. The Morgan fingerprint density at radius 2 is 1.84 bits per heavy atom. The molecule has 4 aliphatic heterocycles. The number of aliphatic hydroxyl groups excluding tert-OH is 1. The predicted molar refractivity (Wildman–Crippen MR) is 162 cm³/mol. The molecule has 4 amide bonds. The highest BCUT2D eigenvalue weighted by molar-refractivity contribution is 6.20. The maximum atomic E-state index is 14.0. The molecule has 11 heteroatoms. The molecule has 3 saturated heterocycles. The maximum absolute atomic E-state index is 14.0. The second-order valence-electron chi connectivity index (χ2n) is 14.1. The molecule has 3 aliphatic carbocycles. The molecule has 0 aromatic rings. The van der Waals surface area contributed by atoms with Gasteiger partial charge in [-0.3, -0.25) is 19.2 Å². The molecule has 7 rings (SSSR count). The molecule has 10 nitrogen and oxygen atoms in total. The fraction of sp³-hybridized carbons (Fsp3) is 0.812. The standard InChI is InChI=1S/C32H48ClN5O5/c1-37(16-19-6-2-4-8-24(19)33)32(43)27(13-20-15-34-25-9-5-3-7-22(20)25)36-30(41)28-14-21(39)17-38(28)31(42)23-12-18-10-11-26(23)35-29(18)40/h15,18-19,21-28,34,39H,2-14,16-17H2,1H3,(H,35,40)(H,36,41)/t18?,19?,21-,22?,23?,24?,25?,26?,27?,28?/m1/s1. The van der Waals surface area contributed by atoms with Crippen LogP contribution in [0.15, 0.2) is 11.8 Å². The Balaban J connectivity index is 1.17. The summed E-state index contributed by atoms with van der Waals surface area (Å²) in [5.41, 5.74) is 1.16. The van der Waals surface area contributed by atoms with Crippen LogP contribution in [0.25, 0.3) is 0 Å². The first-order chi connectivity index (χ1) is 20.7. The van der Waals surface area contributed by atoms with Gasteiger partial charge in [-0.1, -0.05) is 25.7 Å². The highest BCUT2D eigenvalue weighted by Gasteiger charge is 2.49. The molecule has 238 valence electrons. The van der Waals surface area contributed by atoms with Gasteiger partial charge in [0.05, 0.1) is 12.0 Å². The van der Waals surface area contributed by atoms with Gasteiger partial charge in [0, 0.05) is 55.9 Å². The Morgan fingerprint density at radius 1 is 1.07 bits per heavy atom. The summed E-state index contributed by atoms with van der Waals surface area (Å²) in [4.78, 5) is 57.1. The van der Waals surface area contributed by atoms with Crippen molar-refractivity contribution in [3.63, 3.8) is 0 Å². The van der Waals surface area contributed by atoms with E-state index in [4.69, 9.17) is 11.6 Å². The molecule has 3 saturated carbocycles. The van der Waals surface area contributed by atoms with Gasteiger partial charge in [0.15, 0.2) is 0 Å². The number of likely N-dealkylation sites (tertiary alicyclic amines) is 1. The summed E-state index contributed by atoms with van der Waals surface area (Å²) >= 11 is 6.64. The second kappa shape index (κ2) is 13.0. The van der Waals surface area contributed by atoms with Crippen molar-refractivity contribution in [2.45, 2.75) is 119 Å². The largest absolute Gasteiger partial charge is 0.391 e. The van der Waals surface area contributed by atoms with Crippen LogP contribution >= 0.6 is 11.6 Å². The van der Waals surface area contributed by atoms with Gasteiger partial charge in [-0.15, -0.1) is 11.6 Å². The average molecular weight is 618 g/mol. The van der Waals surface area contributed by atoms with E-state index in [1.165, 1.54) is 11.3 Å². The molecule has 2 bridgehead atoms. The number of carbonyl (C=O) groups is 4. The van der Waals surface area contributed by atoms with E-state index in [1.54, 1.807) is 11.9 Å². The number of nitrogens with one attached hydrogen (secondary N) is 3. The van der Waals surface area contributed by atoms with E-state index < -0.39 is 30.0 Å². The Bertz CT molecular complexity index is 1130. The summed E-state index contributed by atoms with van der Waals surface area (Å²) in [5, 5.41) is 20.2. The Hall–Kier alpha value is -2.33. The van der Waals surface area contributed by atoms with Crippen molar-refractivity contribution in [1.29, 1.82) is 0 Å². The van der Waals surface area contributed by atoms with Crippen LogP contribution in [0, 0.1) is 23.7 Å². The topological polar surface area (TPSA) is 131 Å². The van der Waals surface area contributed by atoms with E-state index in [0.29, 0.717) is 31.3 Å². The number of β-amino-alcohol motifs (C(OH)–C–C–N with tert-alkyl or cyclic N) is 1. The van der Waals surface area contributed by atoms with E-state index in [1.807, 2.05) is 6.20 Å². The lowest BCUT2D eigenvalue weighted by molar-refractivity contribution is -0.148. The molecule has 4 heterocycles. The molecule has 0 aromatic carbocycles. The normalized spacial score (nSPS) is 37.6. The summed E-state index contributed by atoms with van der Waals surface area (Å²) in [6.07, 6.45) is 12.5. The molecule has 0 aromatic heterocycles. The SMILES string of the molecule is CN(CC1CCCCC1Cl)C(=O)C(CC1=CNC2CCCCC12)NC(=O)C1C[C@@H](O)CN1C(=O)C1CC2CCC1NC2=O. The number of halogens is 1. The van der Waals surface area contributed by atoms with Gasteiger partial charge in [-0.25, -0.2) is 0 Å². The van der Waals surface area contributed by atoms with E-state index in [9.17, 15) is 24.3 Å². The number of piperidine rings is 2. The van der Waals surface area contributed by atoms with Crippen LogP contribution in [0.4, 0.5) is 0 Å². The molecule has 10 atom stereocenters. The van der Waals surface area contributed by atoms with Crippen LogP contribution in [0.2, 0.25) is 0 Å². The van der Waals surface area contributed by atoms with Gasteiger partial charge in [-0.2, -0.15) is 0 Å². The minimum atomic E-state index is -0.858. The van der Waals surface area contributed by atoms with E-state index in [2.05, 4.69) is 16.0 Å². The number of hydrogen-bond acceptors (Lipinski definition) is 6. The number of alkyl halides is 1. The quantitative estimate of drug-likeness (QED) is 0.308. The number of fused-ring (bicyclic) bond motifs is 4. The smallest absolute Gasteiger partial charge is 0.245 e. The summed E-state index contributed by atoms with van der Waals surface area (Å²) in [7, 11) is 1.80. The van der Waals surface area contributed by atoms with Gasteiger partial charge >= 0.3 is 0 Å². The third-order valence-corrected chi connectivity index (χ3v) is 11.8. The summed E-state index contributed by atoms with van der Waals surface area (Å²) in [6, 6.07) is -1.48. The minimum Gasteiger partial charge on any atom is -0.391 e. The number of carbonyl (C=O) groups excluding carboxylic acids is 4. The number of amides is 4. The van der Waals surface area contributed by atoms with E-state index in [-0.39, 0.29) is 53.9 Å². The zero-order chi connectivity index (χ0) is 30.2. The van der Waals surface area contributed by atoms with E-state index >= 15 is 0 Å². The van der Waals surface area contributed by atoms with Crippen LogP contribution in [0.3, 0.4) is 0 Å². The molecule has 0 radical (unpaired) electrons. The van der Waals surface area contributed by atoms with Crippen LogP contribution in [0.1, 0.15) is 83.5 Å². The molecular weight excluding hydrogens is 570 g/mol. The molecular formula is C32H48ClN5O5. The Kier molecular flexibility index (Phi) is 9.24. The lowest BCUT2D eigenvalue weighted by Gasteiger charge is -2.43. The highest BCUT2D eigenvalue weighted by Crippen LogP contribution is 2.38. The summed E-state index contributed by atoms with van der Waals surface area (Å²) in [6.45, 7) is 0.625. The molecule has 9 unspecified atom stereocenters. The fourth-order valence-corrected chi connectivity index (χ4v) is 9.12. The van der Waals surface area contributed by atoms with Crippen LogP contribution in [-0.2, 0) is 19.2 Å². The van der Waals surface area contributed by atoms with Gasteiger partial charge in [0.25, 0.3) is 0 Å². The number of aliphatic hydroxyl groups is 1. The number of hydrogen-bond donors (Lipinski definition) is 4. The van der Waals surface area contributed by atoms with Crippen molar-refractivity contribution < 1.29 is 24.3 Å². The highest BCUT2D eigenvalue weighted by atomic mass is 35.5. The number of nitrogens with zero attached hydrogens (tertiary/aromatic N) is 2. The second-order valence-corrected chi connectivity index (χ2v) is 14.6. The molecule has 6 fully saturated rings. The van der Waals surface area contributed by atoms with Crippen molar-refractivity contribution in [2.75, 3.05) is 20.1 Å². The first kappa shape index (κ1) is 30.7. The van der Waals surface area contributed by atoms with Crippen molar-refractivity contribution in [3.05, 3.63) is 11.8 Å². The molecule has 43 heavy (non-hydrogen) atoms. The zero-order valence-corrected chi connectivity index (χ0v) is 26.1. The molecule has 7 aliphatic rings. The van der Waals surface area contributed by atoms with Crippen LogP contribution < -0.4 is 16.0 Å². The maximum Gasteiger partial charge on any atom is 0.245 e. The summed E-state index contributed by atoms with van der Waals surface area (Å²) in [5.74, 6) is -0.716. The lowest BCUT2D eigenvalue weighted by atomic mass is 9.73. The average Bonchev–Trinajstić information content (AvgIpc) is 3.60. The number of rotatable bonds is 8. The van der Waals surface area contributed by atoms with E-state index in [0.717, 1.165) is 63.4 Å². The Labute approximate surface area is 259 Å². The first-order valence-corrected chi connectivity index (χ1v) is 17.1. The van der Waals surface area contributed by atoms with Crippen molar-refractivity contribution in [3.8, 4) is 0 Å². The Morgan fingerprint density at radius 3 is 2.58 bits per heavy atom. The van der Waals surface area contributed by atoms with Crippen molar-refractivity contribution >= 4 is 35.2 Å². The van der Waals surface area contributed by atoms with Gasteiger partial charge in [-0.05, 0) is 69.1 Å². The van der Waals surface area contributed by atoms with Gasteiger partial charge in [0.1, 0.15) is 12.1 Å². The van der Waals surface area contributed by atoms with Crippen molar-refractivity contribution in [2.24, 2.45) is 23.7 Å². The molecule has 0 spiro atoms.